The molecule has 1 aliphatic rings. The SMILES string of the molecule is C[C@@H]1C(=O)N(c2ccc(F)cc2F)CCN1C(=O)c1ccc(Cl)cc1Cl. The fourth-order valence-electron chi connectivity index (χ4n) is 2.90. The molecule has 8 heteroatoms. The third-order valence-electron chi connectivity index (χ3n) is 4.28. The second kappa shape index (κ2) is 7.21. The van der Waals surface area contributed by atoms with E-state index in [1.807, 2.05) is 0 Å². The van der Waals surface area contributed by atoms with Crippen LogP contribution in [0, 0.1) is 11.6 Å². The van der Waals surface area contributed by atoms with E-state index in [0.717, 1.165) is 12.1 Å². The standard InChI is InChI=1S/C18H14Cl2F2N2O2/c1-10-17(25)24(16-5-3-12(21)9-15(16)22)7-6-23(10)18(26)13-4-2-11(19)8-14(13)20/h2-5,8-10H,6-7H2,1H3/t10-/m1/s1. The summed E-state index contributed by atoms with van der Waals surface area (Å²) in [6.45, 7) is 1.82. The number of carbonyl (C=O) groups is 2. The van der Waals surface area contributed by atoms with Crippen molar-refractivity contribution in [1.82, 2.24) is 4.90 Å². The van der Waals surface area contributed by atoms with Gasteiger partial charge in [0, 0.05) is 24.2 Å². The Kier molecular flexibility index (Phi) is 5.16. The number of hydrogen-bond acceptors (Lipinski definition) is 2. The number of hydrogen-bond donors (Lipinski definition) is 0. The summed E-state index contributed by atoms with van der Waals surface area (Å²) < 4.78 is 27.1. The van der Waals surface area contributed by atoms with Gasteiger partial charge < -0.3 is 9.80 Å². The predicted molar refractivity (Wildman–Crippen MR) is 95.7 cm³/mol. The molecular formula is C18H14Cl2F2N2O2. The van der Waals surface area contributed by atoms with Crippen molar-refractivity contribution in [2.45, 2.75) is 13.0 Å². The molecule has 26 heavy (non-hydrogen) atoms. The molecule has 0 saturated carbocycles. The van der Waals surface area contributed by atoms with Gasteiger partial charge in [0.25, 0.3) is 5.91 Å². The molecular weight excluding hydrogens is 385 g/mol. The van der Waals surface area contributed by atoms with Crippen LogP contribution in [0.25, 0.3) is 0 Å². The van der Waals surface area contributed by atoms with Crippen LogP contribution in [0.4, 0.5) is 14.5 Å². The van der Waals surface area contributed by atoms with Crippen molar-refractivity contribution >= 4 is 40.7 Å². The first-order chi connectivity index (χ1) is 12.3. The van der Waals surface area contributed by atoms with E-state index in [1.54, 1.807) is 6.92 Å². The molecule has 1 aliphatic heterocycles. The van der Waals surface area contributed by atoms with Crippen LogP contribution in [0.2, 0.25) is 10.0 Å². The maximum atomic E-state index is 14.0. The molecule has 136 valence electrons. The highest BCUT2D eigenvalue weighted by Gasteiger charge is 2.36. The Labute approximate surface area is 158 Å². The van der Waals surface area contributed by atoms with Crippen molar-refractivity contribution in [2.24, 2.45) is 0 Å². The Morgan fingerprint density at radius 1 is 1.12 bits per heavy atom. The zero-order valence-electron chi connectivity index (χ0n) is 13.7. The van der Waals surface area contributed by atoms with Crippen molar-refractivity contribution in [3.63, 3.8) is 0 Å². The monoisotopic (exact) mass is 398 g/mol. The highest BCUT2D eigenvalue weighted by Crippen LogP contribution is 2.27. The summed E-state index contributed by atoms with van der Waals surface area (Å²) >= 11 is 11.9. The van der Waals surface area contributed by atoms with E-state index in [1.165, 1.54) is 34.1 Å². The van der Waals surface area contributed by atoms with E-state index in [0.29, 0.717) is 5.02 Å². The number of carbonyl (C=O) groups excluding carboxylic acids is 2. The molecule has 3 rings (SSSR count). The molecule has 0 N–H and O–H groups in total. The van der Waals surface area contributed by atoms with Crippen LogP contribution in [0.3, 0.4) is 0 Å². The van der Waals surface area contributed by atoms with E-state index >= 15 is 0 Å². The highest BCUT2D eigenvalue weighted by molar-refractivity contribution is 6.36. The van der Waals surface area contributed by atoms with Crippen LogP contribution >= 0.6 is 23.2 Å². The number of benzene rings is 2. The first-order valence-electron chi connectivity index (χ1n) is 7.82. The molecule has 1 heterocycles. The van der Waals surface area contributed by atoms with Crippen molar-refractivity contribution < 1.29 is 18.4 Å². The van der Waals surface area contributed by atoms with E-state index in [9.17, 15) is 18.4 Å². The summed E-state index contributed by atoms with van der Waals surface area (Å²) in [6, 6.07) is 6.68. The minimum atomic E-state index is -0.828. The maximum Gasteiger partial charge on any atom is 0.256 e. The molecule has 4 nitrogen and oxygen atoms in total. The lowest BCUT2D eigenvalue weighted by molar-refractivity contribution is -0.124. The van der Waals surface area contributed by atoms with Crippen LogP contribution in [-0.4, -0.2) is 35.8 Å². The van der Waals surface area contributed by atoms with E-state index in [2.05, 4.69) is 0 Å². The number of halogens is 4. The molecule has 1 fully saturated rings. The lowest BCUT2D eigenvalue weighted by Crippen LogP contribution is -2.58. The van der Waals surface area contributed by atoms with Gasteiger partial charge in [-0.15, -0.1) is 0 Å². The zero-order valence-corrected chi connectivity index (χ0v) is 15.2. The fraction of sp³-hybridized carbons (Fsp3) is 0.222. The highest BCUT2D eigenvalue weighted by atomic mass is 35.5. The van der Waals surface area contributed by atoms with Crippen LogP contribution in [0.5, 0.6) is 0 Å². The van der Waals surface area contributed by atoms with E-state index < -0.39 is 29.5 Å². The van der Waals surface area contributed by atoms with Gasteiger partial charge in [-0.3, -0.25) is 9.59 Å². The first-order valence-corrected chi connectivity index (χ1v) is 8.57. The van der Waals surface area contributed by atoms with Crippen molar-refractivity contribution in [3.05, 3.63) is 63.6 Å². The topological polar surface area (TPSA) is 40.6 Å². The molecule has 0 aromatic heterocycles. The van der Waals surface area contributed by atoms with Gasteiger partial charge in [0.15, 0.2) is 0 Å². The van der Waals surface area contributed by atoms with Gasteiger partial charge in [0.1, 0.15) is 17.7 Å². The second-order valence-electron chi connectivity index (χ2n) is 5.88. The summed E-state index contributed by atoms with van der Waals surface area (Å²) in [6.07, 6.45) is 0. The fourth-order valence-corrected chi connectivity index (χ4v) is 3.39. The van der Waals surface area contributed by atoms with Gasteiger partial charge in [-0.1, -0.05) is 23.2 Å². The molecule has 2 aromatic carbocycles. The lowest BCUT2D eigenvalue weighted by atomic mass is 10.1. The molecule has 1 atom stereocenters. The van der Waals surface area contributed by atoms with E-state index in [4.69, 9.17) is 23.2 Å². The smallest absolute Gasteiger partial charge is 0.256 e. The zero-order chi connectivity index (χ0) is 19.0. The molecule has 0 spiro atoms. The second-order valence-corrected chi connectivity index (χ2v) is 6.73. The van der Waals surface area contributed by atoms with Crippen LogP contribution in [-0.2, 0) is 4.79 Å². The number of piperazine rings is 1. The van der Waals surface area contributed by atoms with Crippen LogP contribution < -0.4 is 4.90 Å². The average molecular weight is 399 g/mol. The molecule has 0 aliphatic carbocycles. The molecule has 2 aromatic rings. The van der Waals surface area contributed by atoms with Gasteiger partial charge in [-0.25, -0.2) is 8.78 Å². The van der Waals surface area contributed by atoms with Crippen molar-refractivity contribution in [1.29, 1.82) is 0 Å². The number of amides is 2. The molecule has 0 radical (unpaired) electrons. The molecule has 1 saturated heterocycles. The summed E-state index contributed by atoms with van der Waals surface area (Å²) in [5.41, 5.74) is 0.219. The third-order valence-corrected chi connectivity index (χ3v) is 4.83. The van der Waals surface area contributed by atoms with Crippen molar-refractivity contribution in [3.8, 4) is 0 Å². The van der Waals surface area contributed by atoms with Crippen molar-refractivity contribution in [2.75, 3.05) is 18.0 Å². The summed E-state index contributed by atoms with van der Waals surface area (Å²) in [7, 11) is 0. The number of nitrogens with zero attached hydrogens (tertiary/aromatic N) is 2. The number of anilines is 1. The summed E-state index contributed by atoms with van der Waals surface area (Å²) in [5.74, 6) is -2.42. The van der Waals surface area contributed by atoms with Gasteiger partial charge in [0.2, 0.25) is 5.91 Å². The molecule has 0 unspecified atom stereocenters. The first kappa shape index (κ1) is 18.6. The Morgan fingerprint density at radius 3 is 2.50 bits per heavy atom. The average Bonchev–Trinajstić information content (AvgIpc) is 2.57. The van der Waals surface area contributed by atoms with Gasteiger partial charge in [-0.05, 0) is 37.3 Å². The minimum Gasteiger partial charge on any atom is -0.325 e. The Bertz CT molecular complexity index is 891. The van der Waals surface area contributed by atoms with Gasteiger partial charge in [0.05, 0.1) is 16.3 Å². The largest absolute Gasteiger partial charge is 0.325 e. The quantitative estimate of drug-likeness (QED) is 0.762. The van der Waals surface area contributed by atoms with Gasteiger partial charge in [-0.2, -0.15) is 0 Å². The van der Waals surface area contributed by atoms with Crippen LogP contribution in [0.15, 0.2) is 36.4 Å². The van der Waals surface area contributed by atoms with E-state index in [-0.39, 0.29) is 29.4 Å². The summed E-state index contributed by atoms with van der Waals surface area (Å²) in [4.78, 5) is 28.0. The molecule has 0 bridgehead atoms. The summed E-state index contributed by atoms with van der Waals surface area (Å²) in [5, 5.41) is 0.585. The number of rotatable bonds is 2. The molecule has 2 amide bonds. The Hall–Kier alpha value is -2.18. The third kappa shape index (κ3) is 3.39. The van der Waals surface area contributed by atoms with Crippen LogP contribution in [0.1, 0.15) is 17.3 Å². The lowest BCUT2D eigenvalue weighted by Gasteiger charge is -2.39. The normalized spacial score (nSPS) is 17.6. The Morgan fingerprint density at radius 2 is 1.85 bits per heavy atom. The minimum absolute atomic E-state index is 0.0140. The maximum absolute atomic E-state index is 14.0. The predicted octanol–water partition coefficient (Wildman–Crippen LogP) is 4.15. The Balaban J connectivity index is 1.84. The van der Waals surface area contributed by atoms with Gasteiger partial charge >= 0.3 is 0 Å².